The number of ether oxygens (including phenoxy) is 3. The molecular formula is C8H17NO4. The molecule has 0 aliphatic carbocycles. The maximum Gasteiger partial charge on any atom is 0.404 e. The van der Waals surface area contributed by atoms with E-state index in [9.17, 15) is 4.79 Å². The summed E-state index contributed by atoms with van der Waals surface area (Å²) in [5.74, 6) is 0. The summed E-state index contributed by atoms with van der Waals surface area (Å²) in [7, 11) is 0. The van der Waals surface area contributed by atoms with E-state index < -0.39 is 12.2 Å². The Labute approximate surface area is 78.1 Å². The predicted octanol–water partition coefficient (Wildman–Crippen LogP) is 0.523. The van der Waals surface area contributed by atoms with E-state index in [-0.39, 0.29) is 0 Å². The van der Waals surface area contributed by atoms with E-state index >= 15 is 0 Å². The molecule has 0 rings (SSSR count). The molecule has 0 aromatic carbocycles. The molecule has 5 nitrogen and oxygen atoms in total. The van der Waals surface area contributed by atoms with E-state index in [0.29, 0.717) is 26.4 Å². The van der Waals surface area contributed by atoms with Crippen molar-refractivity contribution in [1.82, 2.24) is 0 Å². The van der Waals surface area contributed by atoms with Gasteiger partial charge in [-0.1, -0.05) is 0 Å². The van der Waals surface area contributed by atoms with Gasteiger partial charge in [-0.25, -0.2) is 4.79 Å². The zero-order valence-corrected chi connectivity index (χ0v) is 8.12. The van der Waals surface area contributed by atoms with Crippen molar-refractivity contribution < 1.29 is 19.0 Å². The molecule has 0 saturated heterocycles. The summed E-state index contributed by atoms with van der Waals surface area (Å²) >= 11 is 0. The van der Waals surface area contributed by atoms with Crippen LogP contribution in [-0.2, 0) is 14.2 Å². The fourth-order valence-corrected chi connectivity index (χ4v) is 0.779. The fraction of sp³-hybridized carbons (Fsp3) is 0.875. The van der Waals surface area contributed by atoms with Crippen molar-refractivity contribution in [3.63, 3.8) is 0 Å². The number of primary amides is 1. The Bertz CT molecular complexity index is 132. The lowest BCUT2D eigenvalue weighted by molar-refractivity contribution is -0.0208. The number of rotatable bonds is 7. The summed E-state index contributed by atoms with van der Waals surface area (Å²) in [5, 5.41) is 0. The van der Waals surface area contributed by atoms with Gasteiger partial charge in [0.15, 0.2) is 6.10 Å². The third-order valence-corrected chi connectivity index (χ3v) is 1.30. The number of nitrogens with two attached hydrogens (primary N) is 1. The lowest BCUT2D eigenvalue weighted by Gasteiger charge is -2.15. The van der Waals surface area contributed by atoms with Gasteiger partial charge in [0.05, 0.1) is 13.2 Å². The molecule has 1 amide bonds. The maximum atomic E-state index is 10.4. The first-order chi connectivity index (χ1) is 6.20. The van der Waals surface area contributed by atoms with Crippen molar-refractivity contribution in [2.24, 2.45) is 5.73 Å². The lowest BCUT2D eigenvalue weighted by Crippen LogP contribution is -2.31. The molecule has 5 heteroatoms. The SMILES string of the molecule is CCOCC(COCC)OC(N)=O. The van der Waals surface area contributed by atoms with E-state index in [1.807, 2.05) is 13.8 Å². The van der Waals surface area contributed by atoms with Crippen LogP contribution in [-0.4, -0.2) is 38.6 Å². The monoisotopic (exact) mass is 191 g/mol. The zero-order valence-electron chi connectivity index (χ0n) is 8.12. The molecule has 0 aliphatic heterocycles. The van der Waals surface area contributed by atoms with Crippen LogP contribution >= 0.6 is 0 Å². The summed E-state index contributed by atoms with van der Waals surface area (Å²) < 4.78 is 14.9. The molecular weight excluding hydrogens is 174 g/mol. The standard InChI is InChI=1S/C8H17NO4/c1-3-11-5-7(6-12-4-2)13-8(9)10/h7H,3-6H2,1-2H3,(H2,9,10). The molecule has 0 spiro atoms. The second-order valence-electron chi connectivity index (χ2n) is 2.38. The van der Waals surface area contributed by atoms with Crippen molar-refractivity contribution in [2.75, 3.05) is 26.4 Å². The Kier molecular flexibility index (Phi) is 7.33. The van der Waals surface area contributed by atoms with Crippen LogP contribution in [0, 0.1) is 0 Å². The maximum absolute atomic E-state index is 10.4. The number of carbonyl (C=O) groups excluding carboxylic acids is 1. The molecule has 0 aromatic rings. The van der Waals surface area contributed by atoms with E-state index in [0.717, 1.165) is 0 Å². The van der Waals surface area contributed by atoms with Gasteiger partial charge in [0.2, 0.25) is 0 Å². The van der Waals surface area contributed by atoms with Crippen molar-refractivity contribution in [3.8, 4) is 0 Å². The molecule has 0 unspecified atom stereocenters. The Balaban J connectivity index is 3.66. The summed E-state index contributed by atoms with van der Waals surface area (Å²) in [5.41, 5.74) is 4.86. The first-order valence-corrected chi connectivity index (χ1v) is 4.32. The molecule has 0 bridgehead atoms. The van der Waals surface area contributed by atoms with Gasteiger partial charge in [-0.05, 0) is 13.8 Å². The van der Waals surface area contributed by atoms with Crippen molar-refractivity contribution in [2.45, 2.75) is 20.0 Å². The molecule has 0 fully saturated rings. The van der Waals surface area contributed by atoms with Gasteiger partial charge in [0.25, 0.3) is 0 Å². The summed E-state index contributed by atoms with van der Waals surface area (Å²) in [6, 6.07) is 0. The van der Waals surface area contributed by atoms with Gasteiger partial charge in [-0.15, -0.1) is 0 Å². The summed E-state index contributed by atoms with van der Waals surface area (Å²) in [6.07, 6.45) is -1.21. The van der Waals surface area contributed by atoms with Crippen LogP contribution in [0.25, 0.3) is 0 Å². The van der Waals surface area contributed by atoms with Gasteiger partial charge in [0.1, 0.15) is 0 Å². The number of carbonyl (C=O) groups is 1. The highest BCUT2D eigenvalue weighted by Gasteiger charge is 2.12. The van der Waals surface area contributed by atoms with Gasteiger partial charge < -0.3 is 19.9 Å². The van der Waals surface area contributed by atoms with Crippen LogP contribution in [0.2, 0.25) is 0 Å². The highest BCUT2D eigenvalue weighted by molar-refractivity contribution is 5.64. The third-order valence-electron chi connectivity index (χ3n) is 1.30. The topological polar surface area (TPSA) is 70.8 Å². The van der Waals surface area contributed by atoms with Crippen LogP contribution in [0.5, 0.6) is 0 Å². The molecule has 78 valence electrons. The molecule has 0 aromatic heterocycles. The van der Waals surface area contributed by atoms with Gasteiger partial charge in [-0.3, -0.25) is 0 Å². The quantitative estimate of drug-likeness (QED) is 0.637. The minimum absolute atomic E-state index is 0.319. The highest BCUT2D eigenvalue weighted by atomic mass is 16.6. The molecule has 13 heavy (non-hydrogen) atoms. The lowest BCUT2D eigenvalue weighted by atomic mass is 10.4. The van der Waals surface area contributed by atoms with Crippen LogP contribution in [0.15, 0.2) is 0 Å². The average molecular weight is 191 g/mol. The normalized spacial score (nSPS) is 10.4. The van der Waals surface area contributed by atoms with Crippen LogP contribution < -0.4 is 5.73 Å². The van der Waals surface area contributed by atoms with E-state index in [1.54, 1.807) is 0 Å². The molecule has 0 aliphatic rings. The molecule has 0 radical (unpaired) electrons. The van der Waals surface area contributed by atoms with Crippen LogP contribution in [0.3, 0.4) is 0 Å². The Morgan fingerprint density at radius 3 is 2.00 bits per heavy atom. The fourth-order valence-electron chi connectivity index (χ4n) is 0.779. The van der Waals surface area contributed by atoms with Crippen LogP contribution in [0.4, 0.5) is 4.79 Å². The Hall–Kier alpha value is -0.810. The van der Waals surface area contributed by atoms with Gasteiger partial charge >= 0.3 is 6.09 Å². The zero-order chi connectivity index (χ0) is 10.1. The van der Waals surface area contributed by atoms with Crippen molar-refractivity contribution in [1.29, 1.82) is 0 Å². The second-order valence-corrected chi connectivity index (χ2v) is 2.38. The highest BCUT2D eigenvalue weighted by Crippen LogP contribution is 1.95. The smallest absolute Gasteiger partial charge is 0.404 e. The Morgan fingerprint density at radius 2 is 1.69 bits per heavy atom. The van der Waals surface area contributed by atoms with Gasteiger partial charge in [0, 0.05) is 13.2 Å². The largest absolute Gasteiger partial charge is 0.441 e. The predicted molar refractivity (Wildman–Crippen MR) is 47.4 cm³/mol. The molecule has 0 atom stereocenters. The average Bonchev–Trinajstić information content (AvgIpc) is 2.09. The van der Waals surface area contributed by atoms with Crippen molar-refractivity contribution in [3.05, 3.63) is 0 Å². The number of hydrogen-bond acceptors (Lipinski definition) is 4. The minimum atomic E-state index is -0.801. The minimum Gasteiger partial charge on any atom is -0.441 e. The Morgan fingerprint density at radius 1 is 1.23 bits per heavy atom. The van der Waals surface area contributed by atoms with Crippen molar-refractivity contribution >= 4 is 6.09 Å². The second kappa shape index (κ2) is 7.82. The van der Waals surface area contributed by atoms with E-state index in [4.69, 9.17) is 19.9 Å². The van der Waals surface area contributed by atoms with Crippen LogP contribution in [0.1, 0.15) is 13.8 Å². The summed E-state index contributed by atoms with van der Waals surface area (Å²) in [6.45, 7) is 5.51. The number of amides is 1. The first kappa shape index (κ1) is 12.2. The molecule has 0 heterocycles. The number of hydrogen-bond donors (Lipinski definition) is 1. The van der Waals surface area contributed by atoms with E-state index in [1.165, 1.54) is 0 Å². The van der Waals surface area contributed by atoms with E-state index in [2.05, 4.69) is 0 Å². The first-order valence-electron chi connectivity index (χ1n) is 4.32. The van der Waals surface area contributed by atoms with Gasteiger partial charge in [-0.2, -0.15) is 0 Å². The molecule has 0 saturated carbocycles. The molecule has 2 N–H and O–H groups in total. The summed E-state index contributed by atoms with van der Waals surface area (Å²) in [4.78, 5) is 10.4. The third kappa shape index (κ3) is 7.55.